The quantitative estimate of drug-likeness (QED) is 0.340. The second-order valence-electron chi connectivity index (χ2n) is 9.99. The molecule has 0 saturated carbocycles. The summed E-state index contributed by atoms with van der Waals surface area (Å²) in [6, 6.07) is 10.5. The normalized spacial score (nSPS) is 17.4. The fourth-order valence-electron chi connectivity index (χ4n) is 5.21. The zero-order chi connectivity index (χ0) is 27.8. The van der Waals surface area contributed by atoms with Crippen LogP contribution in [0.3, 0.4) is 0 Å². The molecule has 2 atom stereocenters. The molecule has 0 fully saturated rings. The van der Waals surface area contributed by atoms with Crippen LogP contribution in [0.15, 0.2) is 78.6 Å². The SMILES string of the molecule is C[C@@H]1CCC[C@H](n2cnc(-c3cc(Cl)ccc3-n3ccnc3)cc2=O)c2cc(ccn2)-c2c(cnn2C)NC1=O. The molecular formula is C29H27ClN8O2. The van der Waals surface area contributed by atoms with Crippen molar-refractivity contribution < 1.29 is 4.79 Å². The molecule has 40 heavy (non-hydrogen) atoms. The minimum Gasteiger partial charge on any atom is -0.323 e. The monoisotopic (exact) mass is 554 g/mol. The van der Waals surface area contributed by atoms with Crippen molar-refractivity contribution >= 4 is 23.2 Å². The maximum atomic E-state index is 13.7. The first-order valence-corrected chi connectivity index (χ1v) is 13.4. The number of carbonyl (C=O) groups excluding carboxylic acids is 1. The molecule has 0 radical (unpaired) electrons. The summed E-state index contributed by atoms with van der Waals surface area (Å²) < 4.78 is 5.20. The number of halogens is 1. The van der Waals surface area contributed by atoms with Crippen LogP contribution in [-0.4, -0.2) is 39.8 Å². The Labute approximate surface area is 235 Å². The fourth-order valence-corrected chi connectivity index (χ4v) is 5.39. The van der Waals surface area contributed by atoms with Crippen molar-refractivity contribution in [2.24, 2.45) is 13.0 Å². The average Bonchev–Trinajstić information content (AvgIpc) is 3.61. The molecule has 6 rings (SSSR count). The van der Waals surface area contributed by atoms with E-state index < -0.39 is 0 Å². The first-order chi connectivity index (χ1) is 19.4. The summed E-state index contributed by atoms with van der Waals surface area (Å²) in [5, 5.41) is 7.93. The topological polar surface area (TPSA) is 113 Å². The maximum Gasteiger partial charge on any atom is 0.254 e. The Morgan fingerprint density at radius 2 is 1.90 bits per heavy atom. The number of anilines is 1. The van der Waals surface area contributed by atoms with Gasteiger partial charge in [-0.3, -0.25) is 23.8 Å². The van der Waals surface area contributed by atoms with Gasteiger partial charge >= 0.3 is 0 Å². The number of carbonyl (C=O) groups is 1. The molecule has 202 valence electrons. The van der Waals surface area contributed by atoms with Gasteiger partial charge < -0.3 is 9.88 Å². The second kappa shape index (κ2) is 10.5. The summed E-state index contributed by atoms with van der Waals surface area (Å²) >= 11 is 6.33. The highest BCUT2D eigenvalue weighted by Gasteiger charge is 2.24. The predicted molar refractivity (Wildman–Crippen MR) is 152 cm³/mol. The summed E-state index contributed by atoms with van der Waals surface area (Å²) in [4.78, 5) is 40.1. The molecule has 2 bridgehead atoms. The van der Waals surface area contributed by atoms with Crippen molar-refractivity contribution in [1.29, 1.82) is 0 Å². The standard InChI is InChI=1S/C29H27ClN8O2/c1-18-4-3-5-26(23-12-19(8-9-32-23)28-24(35-29(18)40)15-34-36(28)2)38-17-33-22(14-27(38)39)21-13-20(30)6-7-25(21)37-11-10-31-16-37/h6-18,26H,3-5H2,1-2H3,(H,35,40)/t18-,26+/m1/s1. The molecule has 0 unspecified atom stereocenters. The van der Waals surface area contributed by atoms with Crippen LogP contribution < -0.4 is 10.9 Å². The van der Waals surface area contributed by atoms with Gasteiger partial charge in [-0.2, -0.15) is 5.10 Å². The van der Waals surface area contributed by atoms with Gasteiger partial charge in [0.15, 0.2) is 0 Å². The number of hydrogen-bond donors (Lipinski definition) is 1. The molecule has 4 aromatic heterocycles. The van der Waals surface area contributed by atoms with Gasteiger partial charge in [-0.25, -0.2) is 9.97 Å². The lowest BCUT2D eigenvalue weighted by atomic mass is 9.97. The van der Waals surface area contributed by atoms with Crippen LogP contribution in [0.5, 0.6) is 0 Å². The Hall–Kier alpha value is -4.57. The molecule has 1 amide bonds. The molecule has 1 aliphatic heterocycles. The third-order valence-corrected chi connectivity index (χ3v) is 7.58. The third kappa shape index (κ3) is 4.82. The van der Waals surface area contributed by atoms with Crippen molar-refractivity contribution in [2.75, 3.05) is 5.32 Å². The highest BCUT2D eigenvalue weighted by Crippen LogP contribution is 2.33. The largest absolute Gasteiger partial charge is 0.323 e. The van der Waals surface area contributed by atoms with Crippen LogP contribution in [0.4, 0.5) is 5.69 Å². The number of hydrogen-bond acceptors (Lipinski definition) is 6. The Bertz CT molecular complexity index is 1760. The number of aromatic nitrogens is 7. The Kier molecular flexibility index (Phi) is 6.77. The van der Waals surface area contributed by atoms with E-state index in [9.17, 15) is 9.59 Å². The Balaban J connectivity index is 1.44. The van der Waals surface area contributed by atoms with Crippen LogP contribution in [0.2, 0.25) is 5.02 Å². The average molecular weight is 555 g/mol. The predicted octanol–water partition coefficient (Wildman–Crippen LogP) is 4.89. The van der Waals surface area contributed by atoms with Gasteiger partial charge in [0, 0.05) is 53.8 Å². The van der Waals surface area contributed by atoms with Gasteiger partial charge in [0.05, 0.1) is 53.3 Å². The summed E-state index contributed by atoms with van der Waals surface area (Å²) in [7, 11) is 1.83. The van der Waals surface area contributed by atoms with E-state index in [0.29, 0.717) is 29.2 Å². The van der Waals surface area contributed by atoms with E-state index in [4.69, 9.17) is 16.6 Å². The van der Waals surface area contributed by atoms with Gasteiger partial charge in [-0.15, -0.1) is 0 Å². The van der Waals surface area contributed by atoms with E-state index in [0.717, 1.165) is 34.6 Å². The molecule has 0 spiro atoms. The van der Waals surface area contributed by atoms with Crippen LogP contribution in [-0.2, 0) is 11.8 Å². The molecular weight excluding hydrogens is 528 g/mol. The number of nitrogens with zero attached hydrogens (tertiary/aromatic N) is 7. The molecule has 1 aliphatic rings. The number of fused-ring (bicyclic) bond motifs is 4. The van der Waals surface area contributed by atoms with Gasteiger partial charge in [0.2, 0.25) is 5.91 Å². The van der Waals surface area contributed by atoms with Gasteiger partial charge in [-0.05, 0) is 43.2 Å². The van der Waals surface area contributed by atoms with E-state index in [1.807, 2.05) is 42.9 Å². The molecule has 5 aromatic rings. The van der Waals surface area contributed by atoms with Crippen LogP contribution >= 0.6 is 11.6 Å². The molecule has 11 heteroatoms. The van der Waals surface area contributed by atoms with Crippen molar-refractivity contribution in [1.82, 2.24) is 33.9 Å². The highest BCUT2D eigenvalue weighted by atomic mass is 35.5. The molecule has 0 saturated heterocycles. The third-order valence-electron chi connectivity index (χ3n) is 7.34. The van der Waals surface area contributed by atoms with Crippen molar-refractivity contribution in [2.45, 2.75) is 32.2 Å². The van der Waals surface area contributed by atoms with E-state index >= 15 is 0 Å². The van der Waals surface area contributed by atoms with Crippen molar-refractivity contribution in [3.05, 3.63) is 94.9 Å². The summed E-state index contributed by atoms with van der Waals surface area (Å²) in [5.41, 5.74) is 4.83. The first kappa shape index (κ1) is 25.7. The van der Waals surface area contributed by atoms with Gasteiger partial charge in [-0.1, -0.05) is 24.9 Å². The zero-order valence-corrected chi connectivity index (χ0v) is 22.8. The van der Waals surface area contributed by atoms with Crippen molar-refractivity contribution in [3.8, 4) is 28.2 Å². The lowest BCUT2D eigenvalue weighted by Gasteiger charge is -2.22. The number of amides is 1. The Morgan fingerprint density at radius 1 is 1.02 bits per heavy atom. The maximum absolute atomic E-state index is 13.7. The minimum atomic E-state index is -0.368. The first-order valence-electron chi connectivity index (χ1n) is 13.0. The minimum absolute atomic E-state index is 0.0564. The number of pyridine rings is 1. The molecule has 5 heterocycles. The smallest absolute Gasteiger partial charge is 0.254 e. The number of rotatable bonds is 3. The fraction of sp³-hybridized carbons (Fsp3) is 0.241. The molecule has 10 nitrogen and oxygen atoms in total. The van der Waals surface area contributed by atoms with E-state index in [1.165, 1.54) is 6.07 Å². The van der Waals surface area contributed by atoms with Gasteiger partial charge in [0.25, 0.3) is 5.56 Å². The highest BCUT2D eigenvalue weighted by molar-refractivity contribution is 6.31. The molecule has 0 aliphatic carbocycles. The van der Waals surface area contributed by atoms with E-state index in [2.05, 4.69) is 20.4 Å². The van der Waals surface area contributed by atoms with Crippen LogP contribution in [0.25, 0.3) is 28.2 Å². The lowest BCUT2D eigenvalue weighted by Crippen LogP contribution is -2.27. The van der Waals surface area contributed by atoms with Crippen LogP contribution in [0, 0.1) is 5.92 Å². The van der Waals surface area contributed by atoms with Crippen LogP contribution in [0.1, 0.15) is 37.9 Å². The van der Waals surface area contributed by atoms with Crippen molar-refractivity contribution in [3.63, 3.8) is 0 Å². The number of nitrogens with one attached hydrogen (secondary N) is 1. The molecule has 1 N–H and O–H groups in total. The molecule has 1 aromatic carbocycles. The number of aryl methyl sites for hydroxylation is 1. The number of benzene rings is 1. The van der Waals surface area contributed by atoms with E-state index in [-0.39, 0.29) is 23.4 Å². The van der Waals surface area contributed by atoms with E-state index in [1.54, 1.807) is 52.6 Å². The Morgan fingerprint density at radius 3 is 2.70 bits per heavy atom. The van der Waals surface area contributed by atoms with Gasteiger partial charge in [0.1, 0.15) is 0 Å². The summed E-state index contributed by atoms with van der Waals surface area (Å²) in [5.74, 6) is -0.264. The second-order valence-corrected chi connectivity index (χ2v) is 10.4. The zero-order valence-electron chi connectivity index (χ0n) is 22.0. The number of imidazole rings is 1. The summed E-state index contributed by atoms with van der Waals surface area (Å²) in [6.45, 7) is 1.91. The lowest BCUT2D eigenvalue weighted by molar-refractivity contribution is -0.119. The summed E-state index contributed by atoms with van der Waals surface area (Å²) in [6.07, 6.45) is 12.2.